The molecule has 1 aliphatic heterocycles. The SMILES string of the molecule is CC1(N2CCNCC2=O)CCC1. The highest BCUT2D eigenvalue weighted by atomic mass is 16.2. The quantitative estimate of drug-likeness (QED) is 0.613. The summed E-state index contributed by atoms with van der Waals surface area (Å²) in [7, 11) is 0. The number of piperazine rings is 1. The average Bonchev–Trinajstić information content (AvgIpc) is 2.01. The molecule has 0 spiro atoms. The molecule has 1 amide bonds. The van der Waals surface area contributed by atoms with E-state index in [4.69, 9.17) is 0 Å². The first kappa shape index (κ1) is 8.05. The van der Waals surface area contributed by atoms with E-state index >= 15 is 0 Å². The van der Waals surface area contributed by atoms with Crippen molar-refractivity contribution in [1.29, 1.82) is 0 Å². The van der Waals surface area contributed by atoms with Crippen LogP contribution < -0.4 is 5.32 Å². The second-order valence-corrected chi connectivity index (χ2v) is 4.07. The van der Waals surface area contributed by atoms with Gasteiger partial charge in [-0.2, -0.15) is 0 Å². The van der Waals surface area contributed by atoms with Crippen molar-refractivity contribution in [3.05, 3.63) is 0 Å². The molecular weight excluding hydrogens is 152 g/mol. The number of carbonyl (C=O) groups excluding carboxylic acids is 1. The Hall–Kier alpha value is -0.570. The molecule has 1 aliphatic carbocycles. The van der Waals surface area contributed by atoms with Gasteiger partial charge in [0.05, 0.1) is 6.54 Å². The number of hydrogen-bond acceptors (Lipinski definition) is 2. The average molecular weight is 168 g/mol. The fourth-order valence-corrected chi connectivity index (χ4v) is 2.14. The van der Waals surface area contributed by atoms with Crippen LogP contribution in [0.5, 0.6) is 0 Å². The molecule has 0 unspecified atom stereocenters. The predicted octanol–water partition coefficient (Wildman–Crippen LogP) is 0.361. The van der Waals surface area contributed by atoms with Crippen molar-refractivity contribution >= 4 is 5.91 Å². The maximum atomic E-state index is 11.5. The third-order valence-electron chi connectivity index (χ3n) is 3.17. The van der Waals surface area contributed by atoms with Gasteiger partial charge in [-0.1, -0.05) is 0 Å². The first-order chi connectivity index (χ1) is 5.72. The molecule has 0 aromatic rings. The van der Waals surface area contributed by atoms with Gasteiger partial charge >= 0.3 is 0 Å². The highest BCUT2D eigenvalue weighted by Gasteiger charge is 2.40. The predicted molar refractivity (Wildman–Crippen MR) is 46.8 cm³/mol. The minimum atomic E-state index is 0.208. The van der Waals surface area contributed by atoms with Crippen LogP contribution in [0.4, 0.5) is 0 Å². The normalized spacial score (nSPS) is 28.4. The lowest BCUT2D eigenvalue weighted by molar-refractivity contribution is -0.141. The number of carbonyl (C=O) groups is 1. The highest BCUT2D eigenvalue weighted by molar-refractivity contribution is 5.79. The number of nitrogens with zero attached hydrogens (tertiary/aromatic N) is 1. The standard InChI is InChI=1S/C9H16N2O/c1-9(3-2-4-9)11-6-5-10-7-8(11)12/h10H,2-7H2,1H3. The number of hydrogen-bond donors (Lipinski definition) is 1. The van der Waals surface area contributed by atoms with E-state index in [-0.39, 0.29) is 11.4 Å². The molecule has 2 aliphatic rings. The molecule has 2 fully saturated rings. The molecule has 1 saturated carbocycles. The zero-order valence-corrected chi connectivity index (χ0v) is 7.60. The van der Waals surface area contributed by atoms with Crippen LogP contribution in [0, 0.1) is 0 Å². The molecule has 0 bridgehead atoms. The van der Waals surface area contributed by atoms with Crippen molar-refractivity contribution in [2.75, 3.05) is 19.6 Å². The molecule has 0 atom stereocenters. The van der Waals surface area contributed by atoms with E-state index in [1.807, 2.05) is 0 Å². The molecule has 3 heteroatoms. The van der Waals surface area contributed by atoms with E-state index in [1.54, 1.807) is 0 Å². The van der Waals surface area contributed by atoms with Gasteiger partial charge in [0.2, 0.25) is 5.91 Å². The lowest BCUT2D eigenvalue weighted by atomic mass is 9.76. The summed E-state index contributed by atoms with van der Waals surface area (Å²) >= 11 is 0. The van der Waals surface area contributed by atoms with Crippen LogP contribution in [0.2, 0.25) is 0 Å². The molecule has 68 valence electrons. The second-order valence-electron chi connectivity index (χ2n) is 4.07. The van der Waals surface area contributed by atoms with Gasteiger partial charge in [0.25, 0.3) is 0 Å². The lowest BCUT2D eigenvalue weighted by Gasteiger charge is -2.49. The zero-order valence-electron chi connectivity index (χ0n) is 7.60. The third-order valence-corrected chi connectivity index (χ3v) is 3.17. The van der Waals surface area contributed by atoms with Crippen LogP contribution in [-0.4, -0.2) is 36.0 Å². The Morgan fingerprint density at radius 1 is 1.50 bits per heavy atom. The van der Waals surface area contributed by atoms with E-state index in [9.17, 15) is 4.79 Å². The first-order valence-corrected chi connectivity index (χ1v) is 4.74. The maximum absolute atomic E-state index is 11.5. The van der Waals surface area contributed by atoms with E-state index < -0.39 is 0 Å². The first-order valence-electron chi connectivity index (χ1n) is 4.74. The van der Waals surface area contributed by atoms with E-state index in [2.05, 4.69) is 17.1 Å². The summed E-state index contributed by atoms with van der Waals surface area (Å²) < 4.78 is 0. The van der Waals surface area contributed by atoms with Gasteiger partial charge in [0, 0.05) is 18.6 Å². The Kier molecular flexibility index (Phi) is 1.83. The molecule has 1 N–H and O–H groups in total. The minimum Gasteiger partial charge on any atom is -0.335 e. The van der Waals surface area contributed by atoms with Crippen LogP contribution in [0.15, 0.2) is 0 Å². The van der Waals surface area contributed by atoms with E-state index in [0.717, 1.165) is 13.1 Å². The number of amides is 1. The van der Waals surface area contributed by atoms with Crippen molar-refractivity contribution in [1.82, 2.24) is 10.2 Å². The summed E-state index contributed by atoms with van der Waals surface area (Å²) in [6.07, 6.45) is 3.67. The van der Waals surface area contributed by atoms with Crippen LogP contribution in [0.3, 0.4) is 0 Å². The number of nitrogens with one attached hydrogen (secondary N) is 1. The summed E-state index contributed by atoms with van der Waals surface area (Å²) in [5.74, 6) is 0.281. The fraction of sp³-hybridized carbons (Fsp3) is 0.889. The van der Waals surface area contributed by atoms with Crippen molar-refractivity contribution < 1.29 is 4.79 Å². The summed E-state index contributed by atoms with van der Waals surface area (Å²) in [5.41, 5.74) is 0.208. The van der Waals surface area contributed by atoms with Crippen LogP contribution in [0.1, 0.15) is 26.2 Å². The molecule has 0 radical (unpaired) electrons. The summed E-state index contributed by atoms with van der Waals surface area (Å²) in [6.45, 7) is 4.60. The van der Waals surface area contributed by atoms with Crippen molar-refractivity contribution in [3.63, 3.8) is 0 Å². The van der Waals surface area contributed by atoms with Crippen molar-refractivity contribution in [2.24, 2.45) is 0 Å². The molecule has 1 heterocycles. The Labute approximate surface area is 73.1 Å². The Morgan fingerprint density at radius 2 is 2.25 bits per heavy atom. The van der Waals surface area contributed by atoms with Gasteiger partial charge in [0.1, 0.15) is 0 Å². The monoisotopic (exact) mass is 168 g/mol. The second kappa shape index (κ2) is 2.73. The summed E-state index contributed by atoms with van der Waals surface area (Å²) in [4.78, 5) is 13.6. The topological polar surface area (TPSA) is 32.3 Å². The lowest BCUT2D eigenvalue weighted by Crippen LogP contribution is -2.60. The van der Waals surface area contributed by atoms with Gasteiger partial charge in [-0.05, 0) is 26.2 Å². The van der Waals surface area contributed by atoms with Gasteiger partial charge in [-0.25, -0.2) is 0 Å². The van der Waals surface area contributed by atoms with Crippen LogP contribution in [-0.2, 0) is 4.79 Å². The molecule has 3 nitrogen and oxygen atoms in total. The largest absolute Gasteiger partial charge is 0.335 e. The van der Waals surface area contributed by atoms with Gasteiger partial charge in [-0.15, -0.1) is 0 Å². The smallest absolute Gasteiger partial charge is 0.237 e. The molecule has 12 heavy (non-hydrogen) atoms. The summed E-state index contributed by atoms with van der Waals surface area (Å²) in [5, 5.41) is 3.09. The third kappa shape index (κ3) is 1.12. The van der Waals surface area contributed by atoms with Crippen molar-refractivity contribution in [3.8, 4) is 0 Å². The van der Waals surface area contributed by atoms with E-state index in [1.165, 1.54) is 19.3 Å². The highest BCUT2D eigenvalue weighted by Crippen LogP contribution is 2.37. The molecular formula is C9H16N2O. The van der Waals surface area contributed by atoms with Gasteiger partial charge < -0.3 is 10.2 Å². The Morgan fingerprint density at radius 3 is 2.75 bits per heavy atom. The van der Waals surface area contributed by atoms with Crippen LogP contribution in [0.25, 0.3) is 0 Å². The Bertz CT molecular complexity index is 199. The van der Waals surface area contributed by atoms with Gasteiger partial charge in [0.15, 0.2) is 0 Å². The van der Waals surface area contributed by atoms with E-state index in [0.29, 0.717) is 6.54 Å². The molecule has 0 aromatic heterocycles. The fourth-order valence-electron chi connectivity index (χ4n) is 2.14. The minimum absolute atomic E-state index is 0.208. The van der Waals surface area contributed by atoms with Gasteiger partial charge in [-0.3, -0.25) is 4.79 Å². The summed E-state index contributed by atoms with van der Waals surface area (Å²) in [6, 6.07) is 0. The molecule has 0 aromatic carbocycles. The molecule has 1 saturated heterocycles. The maximum Gasteiger partial charge on any atom is 0.237 e. The zero-order chi connectivity index (χ0) is 8.60. The molecule has 2 rings (SSSR count). The Balaban J connectivity index is 2.05. The van der Waals surface area contributed by atoms with Crippen molar-refractivity contribution in [2.45, 2.75) is 31.7 Å². The number of rotatable bonds is 1. The van der Waals surface area contributed by atoms with Crippen LogP contribution >= 0.6 is 0 Å².